The van der Waals surface area contributed by atoms with Gasteiger partial charge >= 0.3 is 0 Å². The number of ether oxygens (including phenoxy) is 2. The van der Waals surface area contributed by atoms with E-state index in [2.05, 4.69) is 0 Å². The van der Waals surface area contributed by atoms with Gasteiger partial charge in [-0.25, -0.2) is 8.42 Å². The second-order valence-corrected chi connectivity index (χ2v) is 10.3. The maximum atomic E-state index is 13.7. The van der Waals surface area contributed by atoms with E-state index in [4.69, 9.17) is 9.47 Å². The van der Waals surface area contributed by atoms with E-state index in [-0.39, 0.29) is 11.1 Å². The number of amides is 2. The molecule has 0 fully saturated rings. The molecule has 2 heterocycles. The highest BCUT2D eigenvalue weighted by Crippen LogP contribution is 2.38. The van der Waals surface area contributed by atoms with Crippen LogP contribution in [-0.2, 0) is 9.84 Å². The van der Waals surface area contributed by atoms with Gasteiger partial charge in [-0.15, -0.1) is 0 Å². The predicted octanol–water partition coefficient (Wildman–Crippen LogP) is 3.08. The van der Waals surface area contributed by atoms with E-state index in [1.807, 2.05) is 0 Å². The number of carbonyl (C=O) groups is 3. The van der Waals surface area contributed by atoms with Crippen LogP contribution in [0.5, 0.6) is 11.5 Å². The Bertz CT molecular complexity index is 1430. The van der Waals surface area contributed by atoms with Gasteiger partial charge in [0.25, 0.3) is 11.8 Å². The molecule has 9 nitrogen and oxygen atoms in total. The average Bonchev–Trinajstić information content (AvgIpc) is 3.40. The first kappa shape index (κ1) is 24.2. The van der Waals surface area contributed by atoms with Crippen molar-refractivity contribution in [3.63, 3.8) is 0 Å². The molecule has 0 saturated carbocycles. The Morgan fingerprint density at radius 2 is 1.83 bits per heavy atom. The Kier molecular flexibility index (Phi) is 6.49. The van der Waals surface area contributed by atoms with Crippen LogP contribution in [0.4, 0.5) is 0 Å². The van der Waals surface area contributed by atoms with Crippen LogP contribution >= 0.6 is 0 Å². The Labute approximate surface area is 202 Å². The van der Waals surface area contributed by atoms with Crippen molar-refractivity contribution >= 4 is 27.9 Å². The maximum Gasteiger partial charge on any atom is 0.264 e. The lowest BCUT2D eigenvalue weighted by Crippen LogP contribution is -2.37. The number of sulfone groups is 1. The van der Waals surface area contributed by atoms with Gasteiger partial charge in [0.1, 0.15) is 9.84 Å². The Balaban J connectivity index is 1.84. The fourth-order valence-corrected chi connectivity index (χ4v) is 5.11. The molecule has 0 saturated heterocycles. The Morgan fingerprint density at radius 3 is 2.46 bits per heavy atom. The second kappa shape index (κ2) is 9.38. The van der Waals surface area contributed by atoms with Crippen molar-refractivity contribution in [2.24, 2.45) is 0 Å². The number of imide groups is 1. The quantitative estimate of drug-likeness (QED) is 0.331. The van der Waals surface area contributed by atoms with E-state index in [0.29, 0.717) is 41.2 Å². The van der Waals surface area contributed by atoms with Gasteiger partial charge in [-0.1, -0.05) is 12.1 Å². The van der Waals surface area contributed by atoms with Gasteiger partial charge in [0.2, 0.25) is 0 Å². The third-order valence-electron chi connectivity index (χ3n) is 5.70. The van der Waals surface area contributed by atoms with Crippen molar-refractivity contribution < 1.29 is 32.3 Å². The van der Waals surface area contributed by atoms with E-state index in [1.165, 1.54) is 13.2 Å². The zero-order chi connectivity index (χ0) is 25.3. The van der Waals surface area contributed by atoms with Crippen LogP contribution in [0.2, 0.25) is 0 Å². The molecule has 3 aromatic rings. The van der Waals surface area contributed by atoms with Crippen molar-refractivity contribution in [1.29, 1.82) is 0 Å². The van der Waals surface area contributed by atoms with Crippen molar-refractivity contribution in [2.45, 2.75) is 13.0 Å². The van der Waals surface area contributed by atoms with Crippen molar-refractivity contribution in [1.82, 2.24) is 9.47 Å². The van der Waals surface area contributed by atoms with Crippen LogP contribution in [0.25, 0.3) is 5.69 Å². The fraction of sp³-hybridized carbons (Fsp3) is 0.240. The number of benzene rings is 2. The second-order valence-electron chi connectivity index (χ2n) is 8.10. The summed E-state index contributed by atoms with van der Waals surface area (Å²) in [7, 11) is -2.13. The van der Waals surface area contributed by atoms with Gasteiger partial charge in [-0.3, -0.25) is 19.3 Å². The van der Waals surface area contributed by atoms with Gasteiger partial charge in [-0.05, 0) is 42.8 Å². The van der Waals surface area contributed by atoms with Crippen LogP contribution in [0, 0.1) is 0 Å². The Morgan fingerprint density at radius 1 is 1.06 bits per heavy atom. The standard InChI is InChI=1S/C25H24N2O7S/c1-4-34-22-12-17(8-9-21(22)33-2)20(15-35(3,31)32)27-24(29)18-6-5-7-19(23(18)25(27)30)26-11-10-16(13-26)14-28/h5-14,20H,4,15H2,1-3H3. The molecule has 182 valence electrons. The number of methoxy groups -OCH3 is 1. The average molecular weight is 497 g/mol. The first-order valence-corrected chi connectivity index (χ1v) is 12.9. The van der Waals surface area contributed by atoms with Crippen molar-refractivity contribution in [3.05, 3.63) is 77.1 Å². The number of carbonyl (C=O) groups excluding carboxylic acids is 3. The summed E-state index contributed by atoms with van der Waals surface area (Å²) in [6.07, 6.45) is 4.90. The molecule has 35 heavy (non-hydrogen) atoms. The lowest BCUT2D eigenvalue weighted by molar-refractivity contribution is 0.0597. The summed E-state index contributed by atoms with van der Waals surface area (Å²) in [4.78, 5) is 39.3. The summed E-state index contributed by atoms with van der Waals surface area (Å²) < 4.78 is 37.3. The molecule has 0 radical (unpaired) electrons. The van der Waals surface area contributed by atoms with Gasteiger partial charge < -0.3 is 14.0 Å². The van der Waals surface area contributed by atoms with Gasteiger partial charge in [0.05, 0.1) is 42.3 Å². The van der Waals surface area contributed by atoms with E-state index in [9.17, 15) is 22.8 Å². The summed E-state index contributed by atoms with van der Waals surface area (Å²) in [5.41, 5.74) is 1.54. The zero-order valence-corrected chi connectivity index (χ0v) is 20.2. The predicted molar refractivity (Wildman–Crippen MR) is 128 cm³/mol. The molecular weight excluding hydrogens is 472 g/mol. The number of aldehydes is 1. The highest BCUT2D eigenvalue weighted by Gasteiger charge is 2.43. The first-order valence-electron chi connectivity index (χ1n) is 10.8. The molecular formula is C25H24N2O7S. The lowest BCUT2D eigenvalue weighted by atomic mass is 10.1. The van der Waals surface area contributed by atoms with Gasteiger partial charge in [0, 0.05) is 24.2 Å². The van der Waals surface area contributed by atoms with E-state index < -0.39 is 33.4 Å². The number of rotatable bonds is 9. The molecule has 2 aromatic carbocycles. The third kappa shape index (κ3) is 4.57. The largest absolute Gasteiger partial charge is 0.493 e. The smallest absolute Gasteiger partial charge is 0.264 e. The summed E-state index contributed by atoms with van der Waals surface area (Å²) in [5, 5.41) is 0. The zero-order valence-electron chi connectivity index (χ0n) is 19.4. The lowest BCUT2D eigenvalue weighted by Gasteiger charge is -2.27. The molecule has 1 aromatic heterocycles. The molecule has 1 unspecified atom stereocenters. The van der Waals surface area contributed by atoms with Crippen LogP contribution in [0.1, 0.15) is 49.6 Å². The van der Waals surface area contributed by atoms with Crippen LogP contribution in [0.3, 0.4) is 0 Å². The van der Waals surface area contributed by atoms with E-state index in [1.54, 1.807) is 60.3 Å². The minimum Gasteiger partial charge on any atom is -0.493 e. The molecule has 0 spiro atoms. The molecule has 0 N–H and O–H groups in total. The van der Waals surface area contributed by atoms with Crippen molar-refractivity contribution in [2.75, 3.05) is 25.7 Å². The molecule has 1 aliphatic rings. The number of aromatic nitrogens is 1. The van der Waals surface area contributed by atoms with Gasteiger partial charge in [0.15, 0.2) is 17.8 Å². The molecule has 0 aliphatic carbocycles. The SMILES string of the molecule is CCOc1cc(C(CS(C)(=O)=O)N2C(=O)c3cccc(-n4ccc(C=O)c4)c3C2=O)ccc1OC. The Hall–Kier alpha value is -3.92. The highest BCUT2D eigenvalue weighted by molar-refractivity contribution is 7.90. The molecule has 10 heteroatoms. The summed E-state index contributed by atoms with van der Waals surface area (Å²) >= 11 is 0. The minimum absolute atomic E-state index is 0.141. The van der Waals surface area contributed by atoms with Crippen molar-refractivity contribution in [3.8, 4) is 17.2 Å². The van der Waals surface area contributed by atoms with Gasteiger partial charge in [-0.2, -0.15) is 0 Å². The molecule has 0 bridgehead atoms. The molecule has 4 rings (SSSR count). The first-order chi connectivity index (χ1) is 16.7. The summed E-state index contributed by atoms with van der Waals surface area (Å²) in [5.74, 6) is -0.875. The number of hydrogen-bond donors (Lipinski definition) is 0. The molecule has 1 aliphatic heterocycles. The van der Waals surface area contributed by atoms with Crippen LogP contribution in [0.15, 0.2) is 54.9 Å². The number of nitrogens with zero attached hydrogens (tertiary/aromatic N) is 2. The normalized spacial score (nSPS) is 14.1. The summed E-state index contributed by atoms with van der Waals surface area (Å²) in [6.45, 7) is 2.13. The highest BCUT2D eigenvalue weighted by atomic mass is 32.2. The third-order valence-corrected chi connectivity index (χ3v) is 6.62. The maximum absolute atomic E-state index is 13.7. The fourth-order valence-electron chi connectivity index (χ4n) is 4.19. The monoisotopic (exact) mass is 496 g/mol. The van der Waals surface area contributed by atoms with E-state index in [0.717, 1.165) is 11.2 Å². The van der Waals surface area contributed by atoms with Crippen LogP contribution in [-0.4, -0.2) is 61.7 Å². The number of fused-ring (bicyclic) bond motifs is 1. The van der Waals surface area contributed by atoms with E-state index >= 15 is 0 Å². The molecule has 2 amide bonds. The van der Waals surface area contributed by atoms with Crippen LogP contribution < -0.4 is 9.47 Å². The molecule has 1 atom stereocenters. The topological polar surface area (TPSA) is 112 Å². The summed E-state index contributed by atoms with van der Waals surface area (Å²) in [6, 6.07) is 10.1. The minimum atomic E-state index is -3.61. The number of hydrogen-bond acceptors (Lipinski definition) is 7.